The summed E-state index contributed by atoms with van der Waals surface area (Å²) in [6.07, 6.45) is 8.01. The molecule has 0 spiro atoms. The lowest BCUT2D eigenvalue weighted by atomic mass is 10.1. The minimum atomic E-state index is 0.0818. The zero-order chi connectivity index (χ0) is 16.4. The molecule has 0 unspecified atom stereocenters. The number of hydrogen-bond donors (Lipinski definition) is 2. The summed E-state index contributed by atoms with van der Waals surface area (Å²) in [7, 11) is 0. The summed E-state index contributed by atoms with van der Waals surface area (Å²) in [6, 6.07) is 8.16. The number of fused-ring (bicyclic) bond motifs is 1. The van der Waals surface area contributed by atoms with E-state index in [2.05, 4.69) is 15.3 Å². The third-order valence-corrected chi connectivity index (χ3v) is 5.49. The summed E-state index contributed by atoms with van der Waals surface area (Å²) in [5, 5.41) is 14.4. The quantitative estimate of drug-likeness (QED) is 0.671. The van der Waals surface area contributed by atoms with Gasteiger partial charge < -0.3 is 14.8 Å². The van der Waals surface area contributed by atoms with E-state index in [1.54, 1.807) is 0 Å². The van der Waals surface area contributed by atoms with E-state index in [0.29, 0.717) is 18.4 Å². The highest BCUT2D eigenvalue weighted by molar-refractivity contribution is 7.15. The molecule has 6 heteroatoms. The van der Waals surface area contributed by atoms with Crippen LogP contribution in [0.1, 0.15) is 49.3 Å². The lowest BCUT2D eigenvalue weighted by Crippen LogP contribution is -2.17. The number of thiazole rings is 1. The molecule has 0 atom stereocenters. The number of nitrogens with zero attached hydrogens (tertiary/aromatic N) is 2. The normalized spacial score (nSPS) is 16.3. The molecule has 1 aliphatic rings. The lowest BCUT2D eigenvalue weighted by molar-refractivity contribution is 0.449. The molecule has 1 aromatic carbocycles. The molecule has 2 heterocycles. The van der Waals surface area contributed by atoms with Crippen molar-refractivity contribution in [3.05, 3.63) is 35.0 Å². The number of hydrogen-bond acceptors (Lipinski definition) is 6. The van der Waals surface area contributed by atoms with Crippen molar-refractivity contribution >= 4 is 27.6 Å². The summed E-state index contributed by atoms with van der Waals surface area (Å²) in [5.74, 6) is 0.689. The van der Waals surface area contributed by atoms with Crippen LogP contribution in [0.25, 0.3) is 11.1 Å². The van der Waals surface area contributed by atoms with Crippen LogP contribution >= 0.6 is 11.3 Å². The third kappa shape index (κ3) is 3.38. The summed E-state index contributed by atoms with van der Waals surface area (Å²) in [4.78, 5) is 9.54. The maximum Gasteiger partial charge on any atom is 0.227 e. The Hall–Kier alpha value is -2.08. The van der Waals surface area contributed by atoms with Gasteiger partial charge in [0.25, 0.3) is 0 Å². The number of anilines is 1. The van der Waals surface area contributed by atoms with Gasteiger partial charge in [-0.1, -0.05) is 49.2 Å². The van der Waals surface area contributed by atoms with E-state index in [4.69, 9.17) is 4.42 Å². The van der Waals surface area contributed by atoms with Crippen LogP contribution in [0.2, 0.25) is 0 Å². The third-order valence-electron chi connectivity index (χ3n) is 4.51. The van der Waals surface area contributed by atoms with Crippen molar-refractivity contribution in [2.45, 2.75) is 51.0 Å². The highest BCUT2D eigenvalue weighted by Crippen LogP contribution is 2.32. The van der Waals surface area contributed by atoms with Gasteiger partial charge in [-0.05, 0) is 25.0 Å². The molecule has 1 aliphatic carbocycles. The van der Waals surface area contributed by atoms with Gasteiger partial charge in [0, 0.05) is 6.04 Å². The Morgan fingerprint density at radius 3 is 2.71 bits per heavy atom. The van der Waals surface area contributed by atoms with E-state index in [0.717, 1.165) is 21.1 Å². The van der Waals surface area contributed by atoms with Crippen molar-refractivity contribution in [2.75, 3.05) is 5.32 Å². The lowest BCUT2D eigenvalue weighted by Gasteiger charge is -2.14. The average molecular weight is 343 g/mol. The summed E-state index contributed by atoms with van der Waals surface area (Å²) >= 11 is 1.49. The fraction of sp³-hybridized carbons (Fsp3) is 0.444. The predicted octanol–water partition coefficient (Wildman–Crippen LogP) is 4.72. The van der Waals surface area contributed by atoms with E-state index < -0.39 is 0 Å². The van der Waals surface area contributed by atoms with Crippen LogP contribution in [0.5, 0.6) is 5.88 Å². The van der Waals surface area contributed by atoms with Gasteiger partial charge in [-0.2, -0.15) is 4.98 Å². The molecule has 5 nitrogen and oxygen atoms in total. The van der Waals surface area contributed by atoms with Crippen molar-refractivity contribution in [1.29, 1.82) is 0 Å². The summed E-state index contributed by atoms with van der Waals surface area (Å²) < 4.78 is 5.74. The second-order valence-electron chi connectivity index (χ2n) is 6.35. The molecule has 2 N–H and O–H groups in total. The first-order valence-corrected chi connectivity index (χ1v) is 9.39. The number of aromatic nitrogens is 2. The number of aromatic hydroxyl groups is 1. The maximum absolute atomic E-state index is 10.1. The highest BCUT2D eigenvalue weighted by Gasteiger charge is 2.17. The Bertz CT molecular complexity index is 786. The number of para-hydroxylation sites is 2. The molecule has 1 fully saturated rings. The van der Waals surface area contributed by atoms with Gasteiger partial charge >= 0.3 is 0 Å². The van der Waals surface area contributed by atoms with E-state index in [9.17, 15) is 5.11 Å². The second kappa shape index (κ2) is 6.81. The fourth-order valence-corrected chi connectivity index (χ4v) is 4.18. The highest BCUT2D eigenvalue weighted by atomic mass is 32.1. The first kappa shape index (κ1) is 15.4. The SMILES string of the molecule is Oc1nc(NC2CCCCCC2)sc1Cc1nc2ccccc2o1. The molecule has 1 saturated carbocycles. The number of nitrogens with one attached hydrogen (secondary N) is 1. The van der Waals surface area contributed by atoms with Crippen LogP contribution in [0, 0.1) is 0 Å². The van der Waals surface area contributed by atoms with Crippen molar-refractivity contribution in [1.82, 2.24) is 9.97 Å². The smallest absolute Gasteiger partial charge is 0.227 e. The van der Waals surface area contributed by atoms with E-state index in [1.807, 2.05) is 24.3 Å². The molecule has 0 radical (unpaired) electrons. The average Bonchev–Trinajstić information content (AvgIpc) is 3.02. The van der Waals surface area contributed by atoms with Crippen molar-refractivity contribution < 1.29 is 9.52 Å². The number of rotatable bonds is 4. The monoisotopic (exact) mass is 343 g/mol. The molecule has 0 bridgehead atoms. The first-order valence-electron chi connectivity index (χ1n) is 8.57. The van der Waals surface area contributed by atoms with Crippen molar-refractivity contribution in [3.63, 3.8) is 0 Å². The van der Waals surface area contributed by atoms with Crippen molar-refractivity contribution in [2.24, 2.45) is 0 Å². The maximum atomic E-state index is 10.1. The van der Waals surface area contributed by atoms with E-state index >= 15 is 0 Å². The molecular weight excluding hydrogens is 322 g/mol. The molecule has 0 aliphatic heterocycles. The fourth-order valence-electron chi connectivity index (χ4n) is 3.25. The topological polar surface area (TPSA) is 71.2 Å². The molecule has 2 aromatic heterocycles. The standard InChI is InChI=1S/C18H21N3O2S/c22-17-15(11-16-20-13-9-5-6-10-14(13)23-16)24-18(21-17)19-12-7-3-1-2-4-8-12/h5-6,9-10,12,22H,1-4,7-8,11H2,(H,19,21). The summed E-state index contributed by atoms with van der Waals surface area (Å²) in [6.45, 7) is 0. The molecule has 24 heavy (non-hydrogen) atoms. The molecule has 0 amide bonds. The number of benzene rings is 1. The van der Waals surface area contributed by atoms with Gasteiger partial charge in [0.1, 0.15) is 5.52 Å². The van der Waals surface area contributed by atoms with Gasteiger partial charge in [0.05, 0.1) is 11.3 Å². The van der Waals surface area contributed by atoms with Crippen LogP contribution in [-0.2, 0) is 6.42 Å². The minimum absolute atomic E-state index is 0.0818. The first-order chi connectivity index (χ1) is 11.8. The Labute approximate surface area is 144 Å². The molecule has 0 saturated heterocycles. The van der Waals surface area contributed by atoms with E-state index in [1.165, 1.54) is 49.9 Å². The van der Waals surface area contributed by atoms with Gasteiger partial charge in [0.2, 0.25) is 11.8 Å². The van der Waals surface area contributed by atoms with Crippen LogP contribution in [-0.4, -0.2) is 21.1 Å². The van der Waals surface area contributed by atoms with Gasteiger partial charge in [-0.25, -0.2) is 4.98 Å². The Balaban J connectivity index is 1.48. The summed E-state index contributed by atoms with van der Waals surface area (Å²) in [5.41, 5.74) is 1.61. The zero-order valence-corrected chi connectivity index (χ0v) is 14.3. The molecular formula is C18H21N3O2S. The Morgan fingerprint density at radius 1 is 1.12 bits per heavy atom. The molecule has 3 aromatic rings. The van der Waals surface area contributed by atoms with Crippen molar-refractivity contribution in [3.8, 4) is 5.88 Å². The van der Waals surface area contributed by atoms with Crippen LogP contribution in [0.4, 0.5) is 5.13 Å². The van der Waals surface area contributed by atoms with Crippen LogP contribution in [0.15, 0.2) is 28.7 Å². The number of oxazole rings is 1. The molecule has 4 rings (SSSR count). The van der Waals surface area contributed by atoms with Gasteiger partial charge in [-0.3, -0.25) is 0 Å². The molecule has 126 valence electrons. The Morgan fingerprint density at radius 2 is 1.92 bits per heavy atom. The largest absolute Gasteiger partial charge is 0.492 e. The zero-order valence-electron chi connectivity index (χ0n) is 13.5. The second-order valence-corrected chi connectivity index (χ2v) is 7.43. The van der Waals surface area contributed by atoms with E-state index in [-0.39, 0.29) is 5.88 Å². The van der Waals surface area contributed by atoms with Gasteiger partial charge in [-0.15, -0.1) is 0 Å². The van der Waals surface area contributed by atoms with Gasteiger partial charge in [0.15, 0.2) is 10.7 Å². The van der Waals surface area contributed by atoms with Crippen LogP contribution < -0.4 is 5.32 Å². The Kier molecular flexibility index (Phi) is 4.38. The predicted molar refractivity (Wildman–Crippen MR) is 95.7 cm³/mol. The minimum Gasteiger partial charge on any atom is -0.492 e. The van der Waals surface area contributed by atoms with Crippen LogP contribution in [0.3, 0.4) is 0 Å².